The summed E-state index contributed by atoms with van der Waals surface area (Å²) >= 11 is 0. The molecule has 0 bridgehead atoms. The summed E-state index contributed by atoms with van der Waals surface area (Å²) in [6.45, 7) is 4.30. The van der Waals surface area contributed by atoms with Crippen molar-refractivity contribution < 1.29 is 4.79 Å². The van der Waals surface area contributed by atoms with Gasteiger partial charge in [0.1, 0.15) is 6.54 Å². The molecule has 1 saturated carbocycles. The van der Waals surface area contributed by atoms with Gasteiger partial charge in [-0.15, -0.1) is 0 Å². The lowest BCUT2D eigenvalue weighted by molar-refractivity contribution is -0.131. The Morgan fingerprint density at radius 3 is 3.06 bits per heavy atom. The number of likely N-dealkylation sites (N-methyl/N-ethyl adjacent to an activating group) is 1. The van der Waals surface area contributed by atoms with Crippen LogP contribution in [0.2, 0.25) is 0 Å². The summed E-state index contributed by atoms with van der Waals surface area (Å²) in [5.41, 5.74) is 0.991. The van der Waals surface area contributed by atoms with Crippen molar-refractivity contribution in [2.45, 2.75) is 45.3 Å². The van der Waals surface area contributed by atoms with E-state index in [0.717, 1.165) is 38.0 Å². The molecule has 1 aromatic rings. The van der Waals surface area contributed by atoms with Crippen molar-refractivity contribution >= 4 is 5.91 Å². The van der Waals surface area contributed by atoms with Gasteiger partial charge < -0.3 is 14.8 Å². The third kappa shape index (κ3) is 3.57. The molecular formula is C13H22N4O. The van der Waals surface area contributed by atoms with Crippen LogP contribution in [0.4, 0.5) is 0 Å². The number of aromatic nitrogens is 2. The Hall–Kier alpha value is -1.36. The molecule has 0 aromatic carbocycles. The molecule has 0 atom stereocenters. The van der Waals surface area contributed by atoms with Crippen molar-refractivity contribution in [1.29, 1.82) is 0 Å². The van der Waals surface area contributed by atoms with Crippen LogP contribution in [0, 0.1) is 0 Å². The van der Waals surface area contributed by atoms with Crippen molar-refractivity contribution in [3.8, 4) is 0 Å². The fourth-order valence-electron chi connectivity index (χ4n) is 1.91. The lowest BCUT2D eigenvalue weighted by Gasteiger charge is -2.16. The van der Waals surface area contributed by atoms with Crippen molar-refractivity contribution in [2.24, 2.45) is 0 Å². The minimum absolute atomic E-state index is 0.169. The van der Waals surface area contributed by atoms with E-state index >= 15 is 0 Å². The number of carbonyl (C=O) groups excluding carboxylic acids is 1. The van der Waals surface area contributed by atoms with Crippen LogP contribution in [0.15, 0.2) is 12.5 Å². The fourth-order valence-corrected chi connectivity index (χ4v) is 1.91. The SMILES string of the molecule is CCCNCc1cn(CC(=O)N(C)C2CC2)cn1. The molecular weight excluding hydrogens is 228 g/mol. The average Bonchev–Trinajstić information content (AvgIpc) is 3.11. The molecule has 0 unspecified atom stereocenters. The third-order valence-electron chi connectivity index (χ3n) is 3.23. The van der Waals surface area contributed by atoms with Crippen LogP contribution < -0.4 is 5.32 Å². The van der Waals surface area contributed by atoms with Crippen LogP contribution in [-0.2, 0) is 17.9 Å². The van der Waals surface area contributed by atoms with E-state index in [0.29, 0.717) is 12.6 Å². The van der Waals surface area contributed by atoms with E-state index in [1.54, 1.807) is 6.33 Å². The average molecular weight is 250 g/mol. The van der Waals surface area contributed by atoms with Gasteiger partial charge in [-0.05, 0) is 25.8 Å². The highest BCUT2D eigenvalue weighted by Gasteiger charge is 2.29. The van der Waals surface area contributed by atoms with Gasteiger partial charge in [0.05, 0.1) is 12.0 Å². The summed E-state index contributed by atoms with van der Waals surface area (Å²) in [7, 11) is 1.89. The first-order valence-corrected chi connectivity index (χ1v) is 6.67. The normalized spacial score (nSPS) is 14.8. The highest BCUT2D eigenvalue weighted by molar-refractivity contribution is 5.76. The van der Waals surface area contributed by atoms with Gasteiger partial charge in [0.2, 0.25) is 5.91 Å². The van der Waals surface area contributed by atoms with E-state index in [2.05, 4.69) is 17.2 Å². The zero-order valence-electron chi connectivity index (χ0n) is 11.2. The summed E-state index contributed by atoms with van der Waals surface area (Å²) in [5, 5.41) is 3.30. The Morgan fingerprint density at radius 2 is 2.39 bits per heavy atom. The Bertz CT molecular complexity index is 397. The maximum Gasteiger partial charge on any atom is 0.242 e. The van der Waals surface area contributed by atoms with E-state index in [1.807, 2.05) is 22.7 Å². The highest BCUT2D eigenvalue weighted by Crippen LogP contribution is 2.25. The Kier molecular flexibility index (Phi) is 4.36. The van der Waals surface area contributed by atoms with Gasteiger partial charge in [0.25, 0.3) is 0 Å². The standard InChI is InChI=1S/C13H22N4O/c1-3-6-14-7-11-8-17(10-15-11)9-13(18)16(2)12-4-5-12/h8,10,12,14H,3-7,9H2,1-2H3. The fraction of sp³-hybridized carbons (Fsp3) is 0.692. The van der Waals surface area contributed by atoms with Gasteiger partial charge in [-0.3, -0.25) is 4.79 Å². The number of imidazole rings is 1. The van der Waals surface area contributed by atoms with Gasteiger partial charge in [-0.2, -0.15) is 0 Å². The largest absolute Gasteiger partial charge is 0.341 e. The zero-order chi connectivity index (χ0) is 13.0. The van der Waals surface area contributed by atoms with Crippen LogP contribution in [0.25, 0.3) is 0 Å². The van der Waals surface area contributed by atoms with E-state index in [1.165, 1.54) is 0 Å². The zero-order valence-corrected chi connectivity index (χ0v) is 11.2. The molecule has 1 aliphatic rings. The lowest BCUT2D eigenvalue weighted by Crippen LogP contribution is -2.31. The van der Waals surface area contributed by atoms with Crippen molar-refractivity contribution in [3.05, 3.63) is 18.2 Å². The maximum absolute atomic E-state index is 11.9. The van der Waals surface area contributed by atoms with Crippen LogP contribution in [0.3, 0.4) is 0 Å². The minimum atomic E-state index is 0.169. The quantitative estimate of drug-likeness (QED) is 0.735. The molecule has 1 aromatic heterocycles. The van der Waals surface area contributed by atoms with Gasteiger partial charge in [0, 0.05) is 25.8 Å². The first kappa shape index (κ1) is 13.1. The molecule has 0 spiro atoms. The van der Waals surface area contributed by atoms with Crippen LogP contribution in [0.5, 0.6) is 0 Å². The molecule has 0 aliphatic heterocycles. The predicted octanol–water partition coefficient (Wildman–Crippen LogP) is 1.00. The number of hydrogen-bond donors (Lipinski definition) is 1. The Morgan fingerprint density at radius 1 is 1.61 bits per heavy atom. The number of nitrogens with zero attached hydrogens (tertiary/aromatic N) is 3. The van der Waals surface area contributed by atoms with Gasteiger partial charge in [0.15, 0.2) is 0 Å². The van der Waals surface area contributed by atoms with Gasteiger partial charge in [-0.1, -0.05) is 6.92 Å². The summed E-state index contributed by atoms with van der Waals surface area (Å²) in [6.07, 6.45) is 7.10. The second-order valence-corrected chi connectivity index (χ2v) is 4.95. The molecule has 2 rings (SSSR count). The first-order chi connectivity index (χ1) is 8.70. The summed E-state index contributed by atoms with van der Waals surface area (Å²) < 4.78 is 1.87. The van der Waals surface area contributed by atoms with Crippen molar-refractivity contribution in [2.75, 3.05) is 13.6 Å². The molecule has 1 N–H and O–H groups in total. The molecule has 18 heavy (non-hydrogen) atoms. The minimum Gasteiger partial charge on any atom is -0.341 e. The first-order valence-electron chi connectivity index (χ1n) is 6.67. The number of hydrogen-bond acceptors (Lipinski definition) is 3. The van der Waals surface area contributed by atoms with E-state index in [9.17, 15) is 4.79 Å². The molecule has 1 fully saturated rings. The second kappa shape index (κ2) is 6.00. The molecule has 5 nitrogen and oxygen atoms in total. The molecule has 5 heteroatoms. The molecule has 1 aliphatic carbocycles. The van der Waals surface area contributed by atoms with Crippen molar-refractivity contribution in [1.82, 2.24) is 19.8 Å². The van der Waals surface area contributed by atoms with E-state index in [4.69, 9.17) is 0 Å². The highest BCUT2D eigenvalue weighted by atomic mass is 16.2. The number of carbonyl (C=O) groups is 1. The van der Waals surface area contributed by atoms with Gasteiger partial charge >= 0.3 is 0 Å². The lowest BCUT2D eigenvalue weighted by atomic mass is 10.4. The topological polar surface area (TPSA) is 50.2 Å². The predicted molar refractivity (Wildman–Crippen MR) is 70.0 cm³/mol. The van der Waals surface area contributed by atoms with E-state index in [-0.39, 0.29) is 5.91 Å². The summed E-state index contributed by atoms with van der Waals surface area (Å²) in [5.74, 6) is 0.169. The van der Waals surface area contributed by atoms with Crippen LogP contribution in [-0.4, -0.2) is 40.0 Å². The number of amides is 1. The third-order valence-corrected chi connectivity index (χ3v) is 3.23. The molecule has 0 saturated heterocycles. The summed E-state index contributed by atoms with van der Waals surface area (Å²) in [6, 6.07) is 0.478. The Labute approximate surface area is 108 Å². The molecule has 100 valence electrons. The maximum atomic E-state index is 11.9. The summed E-state index contributed by atoms with van der Waals surface area (Å²) in [4.78, 5) is 18.1. The van der Waals surface area contributed by atoms with Crippen LogP contribution >= 0.6 is 0 Å². The van der Waals surface area contributed by atoms with Crippen molar-refractivity contribution in [3.63, 3.8) is 0 Å². The smallest absolute Gasteiger partial charge is 0.242 e. The number of rotatable bonds is 7. The van der Waals surface area contributed by atoms with Crippen LogP contribution in [0.1, 0.15) is 31.9 Å². The second-order valence-electron chi connectivity index (χ2n) is 4.95. The van der Waals surface area contributed by atoms with E-state index < -0.39 is 0 Å². The van der Waals surface area contributed by atoms with Gasteiger partial charge in [-0.25, -0.2) is 4.98 Å². The monoisotopic (exact) mass is 250 g/mol. The molecule has 1 heterocycles. The Balaban J connectivity index is 1.80. The molecule has 0 radical (unpaired) electrons. The number of nitrogens with one attached hydrogen (secondary N) is 1. The molecule has 1 amide bonds.